The van der Waals surface area contributed by atoms with Crippen LogP contribution < -0.4 is 20.9 Å². The normalized spacial score (nSPS) is 17.2. The molecule has 1 atom stereocenters. The van der Waals surface area contributed by atoms with E-state index in [2.05, 4.69) is 20.1 Å². The Bertz CT molecular complexity index is 1500. The molecule has 1 unspecified atom stereocenters. The Labute approximate surface area is 183 Å². The Hall–Kier alpha value is -4.53. The zero-order valence-corrected chi connectivity index (χ0v) is 16.8. The van der Waals surface area contributed by atoms with Crippen molar-refractivity contribution in [2.24, 2.45) is 0 Å². The number of rotatable bonds is 4. The monoisotopic (exact) mass is 451 g/mol. The molecule has 1 aliphatic rings. The van der Waals surface area contributed by atoms with Crippen LogP contribution in [0.25, 0.3) is 16.9 Å². The van der Waals surface area contributed by atoms with Crippen LogP contribution in [0.15, 0.2) is 58.5 Å². The Morgan fingerprint density at radius 3 is 2.76 bits per heavy atom. The molecule has 3 aromatic heterocycles. The number of H-pyrrole nitrogens is 2. The smallest absolute Gasteiger partial charge is 0.325 e. The third-order valence-corrected chi connectivity index (χ3v) is 5.30. The average Bonchev–Trinajstić information content (AvgIpc) is 3.37. The number of anilines is 1. The van der Waals surface area contributed by atoms with E-state index in [0.717, 1.165) is 0 Å². The summed E-state index contributed by atoms with van der Waals surface area (Å²) in [5.41, 5.74) is -0.0308. The molecule has 0 radical (unpaired) electrons. The highest BCUT2D eigenvalue weighted by Gasteiger charge is 2.50. The first-order valence-electron chi connectivity index (χ1n) is 9.80. The lowest BCUT2D eigenvalue weighted by molar-refractivity contribution is -0.0594. The first-order valence-corrected chi connectivity index (χ1v) is 9.80. The third-order valence-electron chi connectivity index (χ3n) is 5.30. The summed E-state index contributed by atoms with van der Waals surface area (Å²) in [5, 5.41) is 13.2. The number of aromatic amines is 2. The molecule has 0 spiro atoms. The molecule has 1 saturated heterocycles. The predicted molar refractivity (Wildman–Crippen MR) is 112 cm³/mol. The van der Waals surface area contributed by atoms with Crippen molar-refractivity contribution in [1.29, 1.82) is 5.26 Å². The number of nitriles is 1. The minimum atomic E-state index is -3.18. The minimum absolute atomic E-state index is 0.0720. The molecule has 0 amide bonds. The Balaban J connectivity index is 1.51. The van der Waals surface area contributed by atoms with Crippen molar-refractivity contribution in [2.75, 3.05) is 18.0 Å². The fourth-order valence-electron chi connectivity index (χ4n) is 3.70. The SMILES string of the molecule is N#Cc1ccc(OC2CN(c3cc(-c4c[nH]c(=O)[nH]c4=O)nn4ccnc34)CC2(F)F)cc1. The Morgan fingerprint density at radius 1 is 1.24 bits per heavy atom. The third kappa shape index (κ3) is 3.69. The van der Waals surface area contributed by atoms with Crippen LogP contribution in [-0.4, -0.2) is 49.7 Å². The maximum Gasteiger partial charge on any atom is 0.325 e. The van der Waals surface area contributed by atoms with Gasteiger partial charge in [0.2, 0.25) is 0 Å². The lowest BCUT2D eigenvalue weighted by Gasteiger charge is -2.19. The number of fused-ring (bicyclic) bond motifs is 1. The van der Waals surface area contributed by atoms with Gasteiger partial charge in [-0.25, -0.2) is 23.1 Å². The summed E-state index contributed by atoms with van der Waals surface area (Å²) in [5.74, 6) is -2.96. The van der Waals surface area contributed by atoms with Crippen molar-refractivity contribution < 1.29 is 13.5 Å². The summed E-state index contributed by atoms with van der Waals surface area (Å²) in [6.07, 6.45) is 2.76. The maximum atomic E-state index is 14.9. The van der Waals surface area contributed by atoms with Gasteiger partial charge in [-0.15, -0.1) is 0 Å². The van der Waals surface area contributed by atoms with Crippen molar-refractivity contribution in [2.45, 2.75) is 12.0 Å². The summed E-state index contributed by atoms with van der Waals surface area (Å²) in [6.45, 7) is -0.789. The fraction of sp³-hybridized carbons (Fsp3) is 0.190. The van der Waals surface area contributed by atoms with Gasteiger partial charge in [0, 0.05) is 18.6 Å². The zero-order chi connectivity index (χ0) is 23.2. The van der Waals surface area contributed by atoms with Crippen molar-refractivity contribution in [1.82, 2.24) is 24.6 Å². The van der Waals surface area contributed by atoms with Crippen LogP contribution in [0.2, 0.25) is 0 Å². The van der Waals surface area contributed by atoms with Crippen LogP contribution in [-0.2, 0) is 0 Å². The van der Waals surface area contributed by atoms with Gasteiger partial charge in [-0.2, -0.15) is 10.4 Å². The lowest BCUT2D eigenvalue weighted by atomic mass is 10.2. The number of hydrogen-bond donors (Lipinski definition) is 2. The minimum Gasteiger partial charge on any atom is -0.482 e. The van der Waals surface area contributed by atoms with Gasteiger partial charge >= 0.3 is 11.6 Å². The summed E-state index contributed by atoms with van der Waals surface area (Å²) in [4.78, 5) is 33.7. The van der Waals surface area contributed by atoms with Crippen LogP contribution in [0.1, 0.15) is 5.56 Å². The molecule has 4 heterocycles. The second kappa shape index (κ2) is 7.56. The van der Waals surface area contributed by atoms with E-state index in [-0.39, 0.29) is 23.6 Å². The highest BCUT2D eigenvalue weighted by molar-refractivity contribution is 5.74. The molecule has 0 bridgehead atoms. The van der Waals surface area contributed by atoms with Crippen LogP contribution >= 0.6 is 0 Å². The molecule has 5 rings (SSSR count). The highest BCUT2D eigenvalue weighted by Crippen LogP contribution is 2.36. The Kier molecular flexibility index (Phi) is 4.67. The first kappa shape index (κ1) is 20.4. The number of alkyl halides is 2. The van der Waals surface area contributed by atoms with Gasteiger partial charge in [0.1, 0.15) is 11.4 Å². The van der Waals surface area contributed by atoms with Gasteiger partial charge in [-0.3, -0.25) is 9.78 Å². The summed E-state index contributed by atoms with van der Waals surface area (Å²) in [7, 11) is 0. The van der Waals surface area contributed by atoms with Crippen LogP contribution in [0, 0.1) is 11.3 Å². The molecule has 4 aromatic rings. The van der Waals surface area contributed by atoms with E-state index in [1.807, 2.05) is 6.07 Å². The second-order valence-corrected chi connectivity index (χ2v) is 7.48. The molecular formula is C21H15F2N7O3. The Morgan fingerprint density at radius 2 is 2.03 bits per heavy atom. The maximum absolute atomic E-state index is 14.9. The number of aromatic nitrogens is 5. The molecule has 2 N–H and O–H groups in total. The molecule has 1 aromatic carbocycles. The number of halogens is 2. The molecule has 0 saturated carbocycles. The van der Waals surface area contributed by atoms with Crippen LogP contribution in [0.4, 0.5) is 14.5 Å². The number of nitrogens with zero attached hydrogens (tertiary/aromatic N) is 5. The van der Waals surface area contributed by atoms with Crippen LogP contribution in [0.5, 0.6) is 5.75 Å². The first-order chi connectivity index (χ1) is 15.8. The van der Waals surface area contributed by atoms with Crippen molar-refractivity contribution in [3.05, 3.63) is 75.3 Å². The van der Waals surface area contributed by atoms with E-state index >= 15 is 0 Å². The number of hydrogen-bond acceptors (Lipinski definition) is 7. The van der Waals surface area contributed by atoms with E-state index < -0.39 is 29.8 Å². The largest absolute Gasteiger partial charge is 0.482 e. The second-order valence-electron chi connectivity index (χ2n) is 7.48. The lowest BCUT2D eigenvalue weighted by Crippen LogP contribution is -2.36. The fourth-order valence-corrected chi connectivity index (χ4v) is 3.70. The average molecular weight is 451 g/mol. The van der Waals surface area contributed by atoms with Crippen molar-refractivity contribution in [3.63, 3.8) is 0 Å². The van der Waals surface area contributed by atoms with Crippen molar-refractivity contribution in [3.8, 4) is 23.1 Å². The summed E-state index contributed by atoms with van der Waals surface area (Å²) >= 11 is 0. The summed E-state index contributed by atoms with van der Waals surface area (Å²) in [6, 6.07) is 9.36. The molecule has 1 aliphatic heterocycles. The highest BCUT2D eigenvalue weighted by atomic mass is 19.3. The van der Waals surface area contributed by atoms with Gasteiger partial charge in [0.05, 0.1) is 36.0 Å². The molecule has 1 fully saturated rings. The van der Waals surface area contributed by atoms with E-state index in [1.165, 1.54) is 58.3 Å². The van der Waals surface area contributed by atoms with Gasteiger partial charge in [0.15, 0.2) is 11.8 Å². The molecule has 10 nitrogen and oxygen atoms in total. The number of imidazole rings is 1. The zero-order valence-electron chi connectivity index (χ0n) is 16.8. The quantitative estimate of drug-likeness (QED) is 0.481. The van der Waals surface area contributed by atoms with Gasteiger partial charge < -0.3 is 14.6 Å². The topological polar surface area (TPSA) is 132 Å². The van der Waals surface area contributed by atoms with Crippen molar-refractivity contribution >= 4 is 11.3 Å². The van der Waals surface area contributed by atoms with E-state index in [9.17, 15) is 18.4 Å². The molecular weight excluding hydrogens is 436 g/mol. The van der Waals surface area contributed by atoms with E-state index in [0.29, 0.717) is 16.9 Å². The molecule has 166 valence electrons. The number of benzene rings is 1. The van der Waals surface area contributed by atoms with Gasteiger partial charge in [-0.1, -0.05) is 0 Å². The molecule has 33 heavy (non-hydrogen) atoms. The predicted octanol–water partition coefficient (Wildman–Crippen LogP) is 1.55. The van der Waals surface area contributed by atoms with Gasteiger partial charge in [-0.05, 0) is 30.3 Å². The van der Waals surface area contributed by atoms with Gasteiger partial charge in [0.25, 0.3) is 5.56 Å². The standard InChI is InChI=1S/C21H15F2N7O3/c22-21(23)11-29(10-17(21)33-13-3-1-12(8-24)2-4-13)16-7-15(28-30-6-5-25-18(16)30)14-9-26-20(32)27-19(14)31/h1-7,9,17H,10-11H2,(H2,26,27,31,32). The van der Waals surface area contributed by atoms with E-state index in [1.54, 1.807) is 0 Å². The summed E-state index contributed by atoms with van der Waals surface area (Å²) < 4.78 is 36.7. The van der Waals surface area contributed by atoms with Crippen LogP contribution in [0.3, 0.4) is 0 Å². The molecule has 12 heteroatoms. The number of nitrogens with one attached hydrogen (secondary N) is 2. The van der Waals surface area contributed by atoms with E-state index in [4.69, 9.17) is 10.00 Å². The molecule has 0 aliphatic carbocycles. The number of ether oxygens (including phenoxy) is 1.